The van der Waals surface area contributed by atoms with Gasteiger partial charge in [-0.25, -0.2) is 4.98 Å². The first-order valence-corrected chi connectivity index (χ1v) is 7.25. The largest absolute Gasteiger partial charge is 0.382 e. The summed E-state index contributed by atoms with van der Waals surface area (Å²) in [7, 11) is 0. The fourth-order valence-electron chi connectivity index (χ4n) is 1.71. The molecule has 0 fully saturated rings. The molecule has 3 N–H and O–H groups in total. The zero-order chi connectivity index (χ0) is 13.5. The minimum Gasteiger partial charge on any atom is -0.382 e. The van der Waals surface area contributed by atoms with Crippen LogP contribution < -0.4 is 11.1 Å². The Bertz CT molecular complexity index is 385. The van der Waals surface area contributed by atoms with Gasteiger partial charge in [-0.2, -0.15) is 0 Å². The third kappa shape index (κ3) is 3.60. The Morgan fingerprint density at radius 3 is 2.44 bits per heavy atom. The first-order chi connectivity index (χ1) is 8.63. The number of nitrogens with two attached hydrogens (primary N) is 1. The summed E-state index contributed by atoms with van der Waals surface area (Å²) in [4.78, 5) is 18.9. The number of hydrogen-bond acceptors (Lipinski definition) is 5. The number of nitrogens with one attached hydrogen (secondary N) is 1. The Labute approximate surface area is 112 Å². The monoisotopic (exact) mass is 270 g/mol. The second-order valence-electron chi connectivity index (χ2n) is 4.06. The molecule has 0 aliphatic carbocycles. The van der Waals surface area contributed by atoms with Gasteiger partial charge in [0.05, 0.1) is 0 Å². The molecular formula is C12H22N4OS. The van der Waals surface area contributed by atoms with Crippen molar-refractivity contribution < 1.29 is 4.79 Å². The molecule has 0 saturated heterocycles. The molecule has 0 spiro atoms. The average Bonchev–Trinajstić information content (AvgIpc) is 2.70. The molecule has 0 aliphatic heterocycles. The van der Waals surface area contributed by atoms with E-state index < -0.39 is 0 Å². The maximum atomic E-state index is 12.4. The van der Waals surface area contributed by atoms with E-state index >= 15 is 0 Å². The minimum atomic E-state index is -0.00199. The van der Waals surface area contributed by atoms with Crippen molar-refractivity contribution in [1.29, 1.82) is 0 Å². The van der Waals surface area contributed by atoms with E-state index in [-0.39, 0.29) is 5.91 Å². The number of amides is 1. The molecule has 6 heteroatoms. The third-order valence-corrected chi connectivity index (χ3v) is 3.47. The topological polar surface area (TPSA) is 71.2 Å². The molecule has 18 heavy (non-hydrogen) atoms. The van der Waals surface area contributed by atoms with Crippen molar-refractivity contribution in [3.63, 3.8) is 0 Å². The number of carbonyl (C=O) groups excluding carboxylic acids is 1. The lowest BCUT2D eigenvalue weighted by molar-refractivity contribution is 0.0761. The Balaban J connectivity index is 2.86. The van der Waals surface area contributed by atoms with E-state index in [1.165, 1.54) is 11.3 Å². The van der Waals surface area contributed by atoms with Crippen molar-refractivity contribution in [2.45, 2.75) is 33.6 Å². The van der Waals surface area contributed by atoms with Crippen molar-refractivity contribution in [3.05, 3.63) is 4.88 Å². The van der Waals surface area contributed by atoms with Crippen molar-refractivity contribution in [2.75, 3.05) is 30.7 Å². The Morgan fingerprint density at radius 1 is 1.33 bits per heavy atom. The number of carbonyl (C=O) groups is 1. The lowest BCUT2D eigenvalue weighted by atomic mass is 10.3. The predicted octanol–water partition coefficient (Wildman–Crippen LogP) is 2.42. The normalized spacial score (nSPS) is 10.4. The lowest BCUT2D eigenvalue weighted by Crippen LogP contribution is -2.32. The van der Waals surface area contributed by atoms with Gasteiger partial charge in [-0.3, -0.25) is 4.79 Å². The molecule has 1 aromatic rings. The van der Waals surface area contributed by atoms with Gasteiger partial charge >= 0.3 is 0 Å². The van der Waals surface area contributed by atoms with Crippen molar-refractivity contribution in [3.8, 4) is 0 Å². The van der Waals surface area contributed by atoms with Crippen molar-refractivity contribution in [2.24, 2.45) is 0 Å². The number of hydrogen-bond donors (Lipinski definition) is 2. The summed E-state index contributed by atoms with van der Waals surface area (Å²) in [5.74, 6) is 0.330. The Kier molecular flexibility index (Phi) is 5.91. The molecule has 0 aliphatic rings. The highest BCUT2D eigenvalue weighted by atomic mass is 32.1. The summed E-state index contributed by atoms with van der Waals surface area (Å²) in [5.41, 5.74) is 5.81. The standard InChI is InChI=1S/C12H22N4OS/c1-4-7-16(8-5-2)11(17)9-10(13)15-12(18-9)14-6-3/h4-8,13H2,1-3H3,(H,14,15). The molecule has 0 radical (unpaired) electrons. The molecule has 0 atom stereocenters. The highest BCUT2D eigenvalue weighted by Gasteiger charge is 2.21. The highest BCUT2D eigenvalue weighted by Crippen LogP contribution is 2.26. The van der Waals surface area contributed by atoms with E-state index in [9.17, 15) is 4.79 Å². The van der Waals surface area contributed by atoms with Gasteiger partial charge in [0.25, 0.3) is 5.91 Å². The fraction of sp³-hybridized carbons (Fsp3) is 0.667. The van der Waals surface area contributed by atoms with Crippen molar-refractivity contribution >= 4 is 28.2 Å². The van der Waals surface area contributed by atoms with Gasteiger partial charge in [-0.1, -0.05) is 25.2 Å². The maximum Gasteiger partial charge on any atom is 0.267 e. The summed E-state index contributed by atoms with van der Waals surface area (Å²) >= 11 is 1.33. The van der Waals surface area contributed by atoms with Gasteiger partial charge in [0.1, 0.15) is 10.7 Å². The summed E-state index contributed by atoms with van der Waals surface area (Å²) in [6.07, 6.45) is 1.90. The zero-order valence-corrected chi connectivity index (χ0v) is 12.1. The Morgan fingerprint density at radius 2 is 1.94 bits per heavy atom. The maximum absolute atomic E-state index is 12.4. The number of thiazole rings is 1. The molecule has 5 nitrogen and oxygen atoms in total. The summed E-state index contributed by atoms with van der Waals surface area (Å²) < 4.78 is 0. The first-order valence-electron chi connectivity index (χ1n) is 6.43. The van der Waals surface area contributed by atoms with E-state index in [0.717, 1.165) is 32.5 Å². The van der Waals surface area contributed by atoms with E-state index in [1.54, 1.807) is 0 Å². The van der Waals surface area contributed by atoms with E-state index in [2.05, 4.69) is 24.1 Å². The molecule has 1 rings (SSSR count). The molecule has 0 unspecified atom stereocenters. The van der Waals surface area contributed by atoms with Crippen LogP contribution in [0.5, 0.6) is 0 Å². The average molecular weight is 270 g/mol. The van der Waals surface area contributed by atoms with Crippen LogP contribution in [0.2, 0.25) is 0 Å². The SMILES string of the molecule is CCCN(CCC)C(=O)c1sc(NCC)nc1N. The predicted molar refractivity (Wildman–Crippen MR) is 77.2 cm³/mol. The molecule has 0 bridgehead atoms. The van der Waals surface area contributed by atoms with Gasteiger partial charge in [-0.15, -0.1) is 0 Å². The van der Waals surface area contributed by atoms with Gasteiger partial charge in [0, 0.05) is 19.6 Å². The van der Waals surface area contributed by atoms with Crippen LogP contribution in [0, 0.1) is 0 Å². The number of aromatic nitrogens is 1. The van der Waals surface area contributed by atoms with E-state index in [0.29, 0.717) is 15.8 Å². The number of nitrogens with zero attached hydrogens (tertiary/aromatic N) is 2. The molecule has 0 aromatic carbocycles. The quantitative estimate of drug-likeness (QED) is 0.798. The second-order valence-corrected chi connectivity index (χ2v) is 5.05. The molecule has 1 amide bonds. The number of nitrogen functional groups attached to an aromatic ring is 1. The number of anilines is 2. The number of rotatable bonds is 7. The van der Waals surface area contributed by atoms with Crippen LogP contribution in [0.1, 0.15) is 43.3 Å². The zero-order valence-electron chi connectivity index (χ0n) is 11.3. The minimum absolute atomic E-state index is 0.00199. The fourth-order valence-corrected chi connectivity index (χ4v) is 2.63. The van der Waals surface area contributed by atoms with Crippen LogP contribution in [0.25, 0.3) is 0 Å². The summed E-state index contributed by atoms with van der Waals surface area (Å²) in [5, 5.41) is 3.80. The summed E-state index contributed by atoms with van der Waals surface area (Å²) in [6.45, 7) is 8.42. The van der Waals surface area contributed by atoms with Crippen LogP contribution in [0.15, 0.2) is 0 Å². The molecule has 0 saturated carbocycles. The van der Waals surface area contributed by atoms with E-state index in [4.69, 9.17) is 5.73 Å². The first kappa shape index (κ1) is 14.8. The van der Waals surface area contributed by atoms with Gasteiger partial charge in [0.2, 0.25) is 0 Å². The molecule has 1 aromatic heterocycles. The van der Waals surface area contributed by atoms with Crippen LogP contribution in [-0.4, -0.2) is 35.4 Å². The summed E-state index contributed by atoms with van der Waals surface area (Å²) in [6, 6.07) is 0. The smallest absolute Gasteiger partial charge is 0.267 e. The van der Waals surface area contributed by atoms with Crippen molar-refractivity contribution in [1.82, 2.24) is 9.88 Å². The molecular weight excluding hydrogens is 248 g/mol. The van der Waals surface area contributed by atoms with Gasteiger partial charge in [0.15, 0.2) is 5.13 Å². The van der Waals surface area contributed by atoms with Crippen LogP contribution in [-0.2, 0) is 0 Å². The molecule has 102 valence electrons. The third-order valence-electron chi connectivity index (χ3n) is 2.45. The van der Waals surface area contributed by atoms with Gasteiger partial charge < -0.3 is 16.0 Å². The second kappa shape index (κ2) is 7.20. The van der Waals surface area contributed by atoms with Crippen LogP contribution in [0.3, 0.4) is 0 Å². The Hall–Kier alpha value is -1.30. The van der Waals surface area contributed by atoms with Crippen LogP contribution in [0.4, 0.5) is 10.9 Å². The van der Waals surface area contributed by atoms with Crippen LogP contribution >= 0.6 is 11.3 Å². The van der Waals surface area contributed by atoms with E-state index in [1.807, 2.05) is 11.8 Å². The lowest BCUT2D eigenvalue weighted by Gasteiger charge is -2.20. The molecule has 1 heterocycles. The van der Waals surface area contributed by atoms with Gasteiger partial charge in [-0.05, 0) is 19.8 Å². The highest BCUT2D eigenvalue weighted by molar-refractivity contribution is 7.18.